The maximum Gasteiger partial charge on any atom is 0.240 e. The average Bonchev–Trinajstić information content (AvgIpc) is 3.16. The topological polar surface area (TPSA) is 109 Å². The molecule has 0 spiro atoms. The number of carbonyl (C=O) groups excluding carboxylic acids is 1. The van der Waals surface area contributed by atoms with Crippen molar-refractivity contribution in [3.63, 3.8) is 0 Å². The zero-order valence-corrected chi connectivity index (χ0v) is 18.4. The molecule has 1 amide bonds. The molecule has 7 nitrogen and oxygen atoms in total. The Kier molecular flexibility index (Phi) is 6.95. The quantitative estimate of drug-likeness (QED) is 0.330. The summed E-state index contributed by atoms with van der Waals surface area (Å²) in [6.07, 6.45) is 1.76. The molecule has 2 aromatic carbocycles. The lowest BCUT2D eigenvalue weighted by atomic mass is 10.0. The van der Waals surface area contributed by atoms with Crippen LogP contribution in [-0.4, -0.2) is 27.6 Å². The monoisotopic (exact) mass is 454 g/mol. The molecular weight excluding hydrogens is 435 g/mol. The number of nitrogens with one attached hydrogen (secondary N) is 1. The van der Waals surface area contributed by atoms with Crippen LogP contribution in [0.3, 0.4) is 0 Å². The highest BCUT2D eigenvalue weighted by Gasteiger charge is 2.24. The summed E-state index contributed by atoms with van der Waals surface area (Å²) >= 11 is 12.5. The molecule has 3 rings (SSSR count). The first-order valence-electron chi connectivity index (χ1n) is 9.45. The van der Waals surface area contributed by atoms with Crippen molar-refractivity contribution in [2.45, 2.75) is 19.9 Å². The second-order valence-corrected chi connectivity index (χ2v) is 7.96. The van der Waals surface area contributed by atoms with Gasteiger partial charge in [0.25, 0.3) is 0 Å². The van der Waals surface area contributed by atoms with E-state index in [0.717, 1.165) is 5.56 Å². The van der Waals surface area contributed by atoms with Gasteiger partial charge in [0.2, 0.25) is 12.1 Å². The minimum Gasteiger partial charge on any atom is -0.368 e. The molecule has 0 fully saturated rings. The van der Waals surface area contributed by atoms with Gasteiger partial charge in [0.05, 0.1) is 16.4 Å². The van der Waals surface area contributed by atoms with Crippen LogP contribution in [0.2, 0.25) is 10.0 Å². The highest BCUT2D eigenvalue weighted by Crippen LogP contribution is 2.29. The number of hydrogen-bond donors (Lipinski definition) is 2. The molecule has 9 heteroatoms. The fourth-order valence-corrected chi connectivity index (χ4v) is 3.40. The zero-order chi connectivity index (χ0) is 22.5. The fraction of sp³-hybridized carbons (Fsp3) is 0.182. The van der Waals surface area contributed by atoms with Gasteiger partial charge in [0.1, 0.15) is 11.7 Å². The molecular formula is C22H20Cl2N6O. The van der Waals surface area contributed by atoms with Crippen LogP contribution in [0.5, 0.6) is 0 Å². The van der Waals surface area contributed by atoms with E-state index < -0.39 is 11.9 Å². The van der Waals surface area contributed by atoms with Gasteiger partial charge in [-0.1, -0.05) is 61.3 Å². The number of nitriles is 1. The van der Waals surface area contributed by atoms with Gasteiger partial charge >= 0.3 is 0 Å². The molecule has 0 saturated heterocycles. The number of primary amides is 1. The third-order valence-corrected chi connectivity index (χ3v) is 5.17. The molecule has 1 atom stereocenters. The van der Waals surface area contributed by atoms with Crippen LogP contribution in [-0.2, 0) is 4.79 Å². The maximum atomic E-state index is 11.9. The van der Waals surface area contributed by atoms with Crippen molar-refractivity contribution in [2.24, 2.45) is 16.6 Å². The van der Waals surface area contributed by atoms with Crippen LogP contribution in [0.1, 0.15) is 19.5 Å². The van der Waals surface area contributed by atoms with Crippen molar-refractivity contribution >= 4 is 34.9 Å². The van der Waals surface area contributed by atoms with Gasteiger partial charge in [0, 0.05) is 10.6 Å². The van der Waals surface area contributed by atoms with Crippen molar-refractivity contribution in [1.82, 2.24) is 15.1 Å². The number of aromatic nitrogens is 2. The van der Waals surface area contributed by atoms with Crippen molar-refractivity contribution in [3.05, 3.63) is 70.3 Å². The summed E-state index contributed by atoms with van der Waals surface area (Å²) < 4.78 is 1.66. The average molecular weight is 455 g/mol. The summed E-state index contributed by atoms with van der Waals surface area (Å²) in [5, 5.41) is 17.9. The van der Waals surface area contributed by atoms with Gasteiger partial charge in [0.15, 0.2) is 5.84 Å². The van der Waals surface area contributed by atoms with Crippen LogP contribution in [0.15, 0.2) is 59.6 Å². The van der Waals surface area contributed by atoms with Gasteiger partial charge in [-0.3, -0.25) is 4.79 Å². The number of carbonyl (C=O) groups is 1. The van der Waals surface area contributed by atoms with Crippen LogP contribution in [0.4, 0.5) is 0 Å². The Labute approximate surface area is 190 Å². The van der Waals surface area contributed by atoms with Gasteiger partial charge in [-0.2, -0.15) is 15.4 Å². The summed E-state index contributed by atoms with van der Waals surface area (Å²) in [6.45, 7) is 3.68. The lowest BCUT2D eigenvalue weighted by molar-refractivity contribution is -0.120. The molecule has 1 heterocycles. The lowest BCUT2D eigenvalue weighted by Gasteiger charge is -2.19. The van der Waals surface area contributed by atoms with E-state index in [-0.39, 0.29) is 11.8 Å². The third-order valence-electron chi connectivity index (χ3n) is 4.60. The summed E-state index contributed by atoms with van der Waals surface area (Å²) in [7, 11) is 0. The van der Waals surface area contributed by atoms with Crippen LogP contribution < -0.4 is 11.1 Å². The Balaban J connectivity index is 2.17. The molecule has 0 aliphatic carbocycles. The smallest absolute Gasteiger partial charge is 0.240 e. The van der Waals surface area contributed by atoms with E-state index in [4.69, 9.17) is 28.9 Å². The number of rotatable bonds is 6. The molecule has 3 N–H and O–H groups in total. The fourth-order valence-electron chi connectivity index (χ4n) is 3.06. The summed E-state index contributed by atoms with van der Waals surface area (Å²) in [4.78, 5) is 15.7. The van der Waals surface area contributed by atoms with Gasteiger partial charge < -0.3 is 11.1 Å². The second-order valence-electron chi connectivity index (χ2n) is 7.11. The highest BCUT2D eigenvalue weighted by atomic mass is 35.5. The van der Waals surface area contributed by atoms with E-state index in [1.54, 1.807) is 35.1 Å². The Hall–Kier alpha value is -3.34. The number of para-hydroxylation sites is 1. The molecule has 0 aliphatic rings. The van der Waals surface area contributed by atoms with Gasteiger partial charge in [-0.15, -0.1) is 0 Å². The maximum absolute atomic E-state index is 11.9. The minimum atomic E-state index is -0.725. The Morgan fingerprint density at radius 3 is 2.45 bits per heavy atom. The predicted molar refractivity (Wildman–Crippen MR) is 122 cm³/mol. The molecule has 0 aliphatic heterocycles. The molecule has 3 aromatic rings. The predicted octanol–water partition coefficient (Wildman–Crippen LogP) is 4.17. The second kappa shape index (κ2) is 9.65. The number of amidine groups is 1. The summed E-state index contributed by atoms with van der Waals surface area (Å²) in [5.74, 6) is -0.534. The molecule has 0 radical (unpaired) electrons. The van der Waals surface area contributed by atoms with Crippen molar-refractivity contribution in [2.75, 3.05) is 0 Å². The first kappa shape index (κ1) is 22.3. The SMILES string of the molecule is CC(C)[C@H](NC(=NC#N)c1cc(-c2ccc(Cl)cc2)n(-c2ccccc2Cl)n1)C(N)=O. The number of halogens is 2. The third kappa shape index (κ3) is 5.05. The summed E-state index contributed by atoms with van der Waals surface area (Å²) in [6, 6.07) is 15.5. The van der Waals surface area contributed by atoms with Crippen molar-refractivity contribution < 1.29 is 4.79 Å². The van der Waals surface area contributed by atoms with Gasteiger partial charge in [-0.25, -0.2) is 4.68 Å². The van der Waals surface area contributed by atoms with Crippen LogP contribution >= 0.6 is 23.2 Å². The number of nitrogens with two attached hydrogens (primary N) is 1. The van der Waals surface area contributed by atoms with E-state index in [1.807, 2.05) is 44.2 Å². The molecule has 0 saturated carbocycles. The number of nitrogens with zero attached hydrogens (tertiary/aromatic N) is 4. The molecule has 1 aromatic heterocycles. The van der Waals surface area contributed by atoms with Gasteiger partial charge in [-0.05, 0) is 36.2 Å². The molecule has 0 unspecified atom stereocenters. The minimum absolute atomic E-state index is 0.122. The molecule has 31 heavy (non-hydrogen) atoms. The normalized spacial score (nSPS) is 12.5. The summed E-state index contributed by atoms with van der Waals surface area (Å²) in [5.41, 5.74) is 8.05. The van der Waals surface area contributed by atoms with Crippen LogP contribution in [0.25, 0.3) is 16.9 Å². The van der Waals surface area contributed by atoms with E-state index in [9.17, 15) is 10.1 Å². The highest BCUT2D eigenvalue weighted by molar-refractivity contribution is 6.32. The largest absolute Gasteiger partial charge is 0.368 e. The zero-order valence-electron chi connectivity index (χ0n) is 16.9. The molecule has 158 valence electrons. The van der Waals surface area contributed by atoms with Crippen molar-refractivity contribution in [1.29, 1.82) is 5.26 Å². The Morgan fingerprint density at radius 1 is 1.19 bits per heavy atom. The Bertz CT molecular complexity index is 1160. The van der Waals surface area contributed by atoms with E-state index in [0.29, 0.717) is 27.1 Å². The van der Waals surface area contributed by atoms with E-state index in [2.05, 4.69) is 15.4 Å². The Morgan fingerprint density at radius 2 is 1.87 bits per heavy atom. The van der Waals surface area contributed by atoms with E-state index >= 15 is 0 Å². The van der Waals surface area contributed by atoms with E-state index in [1.165, 1.54) is 0 Å². The lowest BCUT2D eigenvalue weighted by Crippen LogP contribution is -2.48. The first-order valence-corrected chi connectivity index (χ1v) is 10.2. The number of amides is 1. The number of hydrogen-bond acceptors (Lipinski definition) is 4. The standard InChI is InChI=1S/C22H20Cl2N6O/c1-13(2)20(21(26)31)28-22(27-12-25)17-11-19(14-7-9-15(23)10-8-14)30(29-17)18-6-4-3-5-16(18)24/h3-11,13,20H,1-2H3,(H2,26,31)(H,27,28)/t20-/m0/s1. The first-order chi connectivity index (χ1) is 14.8. The number of aliphatic imine (C=N–C) groups is 1. The van der Waals surface area contributed by atoms with Crippen molar-refractivity contribution in [3.8, 4) is 23.1 Å². The molecule has 0 bridgehead atoms. The number of benzene rings is 2. The van der Waals surface area contributed by atoms with Crippen LogP contribution in [0, 0.1) is 17.4 Å².